The van der Waals surface area contributed by atoms with E-state index in [9.17, 15) is 10.2 Å². The van der Waals surface area contributed by atoms with Gasteiger partial charge in [0, 0.05) is 11.8 Å². The number of methoxy groups -OCH3 is 1. The van der Waals surface area contributed by atoms with Gasteiger partial charge in [0.2, 0.25) is 5.88 Å². The summed E-state index contributed by atoms with van der Waals surface area (Å²) in [5.41, 5.74) is 0.318. The molecule has 84 valence electrons. The first-order chi connectivity index (χ1) is 7.10. The second-order valence-corrected chi connectivity index (χ2v) is 3.66. The van der Waals surface area contributed by atoms with Crippen molar-refractivity contribution in [3.63, 3.8) is 0 Å². The molecule has 6 heteroatoms. The first kappa shape index (κ1) is 12.5. The number of pyridine rings is 1. The van der Waals surface area contributed by atoms with E-state index < -0.39 is 12.2 Å². The molecular weight excluding hydrogens is 241 g/mol. The predicted molar refractivity (Wildman–Crippen MR) is 57.5 cm³/mol. The van der Waals surface area contributed by atoms with Gasteiger partial charge in [-0.05, 0) is 6.07 Å². The summed E-state index contributed by atoms with van der Waals surface area (Å²) in [4.78, 5) is 3.87. The van der Waals surface area contributed by atoms with Crippen LogP contribution in [0.25, 0.3) is 0 Å². The molecule has 0 saturated heterocycles. The molecule has 0 aliphatic carbocycles. The van der Waals surface area contributed by atoms with Crippen LogP contribution < -0.4 is 4.74 Å². The normalized spacial score (nSPS) is 14.7. The quantitative estimate of drug-likeness (QED) is 0.794. The monoisotopic (exact) mass is 251 g/mol. The SMILES string of the molecule is COc1ncc(Cl)cc1C(O)C(O)CCl. The van der Waals surface area contributed by atoms with E-state index in [4.69, 9.17) is 27.9 Å². The van der Waals surface area contributed by atoms with E-state index in [2.05, 4.69) is 4.98 Å². The fourth-order valence-corrected chi connectivity index (χ4v) is 1.45. The third kappa shape index (κ3) is 2.95. The van der Waals surface area contributed by atoms with Crippen molar-refractivity contribution in [2.75, 3.05) is 13.0 Å². The van der Waals surface area contributed by atoms with Crippen LogP contribution in [0, 0.1) is 0 Å². The largest absolute Gasteiger partial charge is 0.481 e. The van der Waals surface area contributed by atoms with Gasteiger partial charge < -0.3 is 14.9 Å². The van der Waals surface area contributed by atoms with E-state index >= 15 is 0 Å². The summed E-state index contributed by atoms with van der Waals surface area (Å²) in [6.45, 7) is 0. The predicted octanol–water partition coefficient (Wildman–Crippen LogP) is 1.38. The Kier molecular flexibility index (Phi) is 4.60. The van der Waals surface area contributed by atoms with Gasteiger partial charge in [-0.25, -0.2) is 4.98 Å². The lowest BCUT2D eigenvalue weighted by Crippen LogP contribution is -2.20. The van der Waals surface area contributed by atoms with Crippen LogP contribution in [-0.2, 0) is 0 Å². The number of aliphatic hydroxyl groups is 2. The molecule has 0 spiro atoms. The summed E-state index contributed by atoms with van der Waals surface area (Å²) in [5, 5.41) is 19.4. The number of hydrogen-bond acceptors (Lipinski definition) is 4. The molecule has 15 heavy (non-hydrogen) atoms. The second-order valence-electron chi connectivity index (χ2n) is 2.92. The van der Waals surface area contributed by atoms with Crippen LogP contribution in [0.2, 0.25) is 5.02 Å². The van der Waals surface area contributed by atoms with Crippen molar-refractivity contribution in [1.82, 2.24) is 4.98 Å². The second kappa shape index (κ2) is 5.51. The number of nitrogens with zero attached hydrogens (tertiary/aromatic N) is 1. The number of aliphatic hydroxyl groups excluding tert-OH is 2. The van der Waals surface area contributed by atoms with Crippen LogP contribution in [0.4, 0.5) is 0 Å². The van der Waals surface area contributed by atoms with Crippen molar-refractivity contribution in [2.24, 2.45) is 0 Å². The molecule has 0 amide bonds. The number of hydrogen-bond donors (Lipinski definition) is 2. The zero-order valence-corrected chi connectivity index (χ0v) is 9.53. The summed E-state index contributed by atoms with van der Waals surface area (Å²) < 4.78 is 4.93. The van der Waals surface area contributed by atoms with Gasteiger partial charge in [-0.3, -0.25) is 0 Å². The molecule has 0 bridgehead atoms. The molecule has 2 atom stereocenters. The Morgan fingerprint density at radius 3 is 2.73 bits per heavy atom. The molecule has 2 N–H and O–H groups in total. The van der Waals surface area contributed by atoms with Crippen molar-refractivity contribution in [1.29, 1.82) is 0 Å². The number of alkyl halides is 1. The minimum atomic E-state index is -1.16. The molecule has 0 aromatic carbocycles. The van der Waals surface area contributed by atoms with E-state index in [1.807, 2.05) is 0 Å². The van der Waals surface area contributed by atoms with Gasteiger partial charge in [0.05, 0.1) is 24.1 Å². The van der Waals surface area contributed by atoms with Gasteiger partial charge in [0.15, 0.2) is 0 Å². The maximum absolute atomic E-state index is 9.71. The summed E-state index contributed by atoms with van der Waals surface area (Å²) >= 11 is 11.1. The van der Waals surface area contributed by atoms with Gasteiger partial charge in [-0.15, -0.1) is 11.6 Å². The topological polar surface area (TPSA) is 62.6 Å². The molecule has 0 saturated carbocycles. The summed E-state index contributed by atoms with van der Waals surface area (Å²) in [5.74, 6) is 0.132. The van der Waals surface area contributed by atoms with Crippen LogP contribution in [0.1, 0.15) is 11.7 Å². The van der Waals surface area contributed by atoms with E-state index in [0.29, 0.717) is 10.6 Å². The van der Waals surface area contributed by atoms with E-state index in [0.717, 1.165) is 0 Å². The van der Waals surface area contributed by atoms with Gasteiger partial charge in [-0.2, -0.15) is 0 Å². The van der Waals surface area contributed by atoms with Crippen molar-refractivity contribution < 1.29 is 14.9 Å². The lowest BCUT2D eigenvalue weighted by molar-refractivity contribution is 0.0308. The number of ether oxygens (including phenoxy) is 1. The molecule has 2 unspecified atom stereocenters. The third-order valence-corrected chi connectivity index (χ3v) is 2.40. The molecule has 0 radical (unpaired) electrons. The Labute approximate surface area is 97.4 Å². The molecule has 1 aromatic heterocycles. The average Bonchev–Trinajstić information content (AvgIpc) is 2.27. The highest BCUT2D eigenvalue weighted by Gasteiger charge is 2.22. The van der Waals surface area contributed by atoms with Gasteiger partial charge >= 0.3 is 0 Å². The third-order valence-electron chi connectivity index (χ3n) is 1.88. The molecule has 1 heterocycles. The van der Waals surface area contributed by atoms with Crippen LogP contribution in [0.3, 0.4) is 0 Å². The van der Waals surface area contributed by atoms with Crippen molar-refractivity contribution in [2.45, 2.75) is 12.2 Å². The maximum atomic E-state index is 9.71. The van der Waals surface area contributed by atoms with E-state index in [-0.39, 0.29) is 11.8 Å². The van der Waals surface area contributed by atoms with Crippen LogP contribution in [0.5, 0.6) is 5.88 Å². The lowest BCUT2D eigenvalue weighted by atomic mass is 10.1. The average molecular weight is 252 g/mol. The Bertz CT molecular complexity index is 335. The van der Waals surface area contributed by atoms with E-state index in [1.54, 1.807) is 0 Å². The highest BCUT2D eigenvalue weighted by atomic mass is 35.5. The molecular formula is C9H11Cl2NO3. The van der Waals surface area contributed by atoms with Gasteiger partial charge in [0.25, 0.3) is 0 Å². The zero-order valence-electron chi connectivity index (χ0n) is 8.02. The minimum Gasteiger partial charge on any atom is -0.481 e. The van der Waals surface area contributed by atoms with Gasteiger partial charge in [0.1, 0.15) is 6.10 Å². The number of halogens is 2. The minimum absolute atomic E-state index is 0.0865. The van der Waals surface area contributed by atoms with Crippen molar-refractivity contribution in [3.05, 3.63) is 22.8 Å². The van der Waals surface area contributed by atoms with Crippen molar-refractivity contribution >= 4 is 23.2 Å². The Balaban J connectivity index is 3.05. The first-order valence-corrected chi connectivity index (χ1v) is 5.13. The van der Waals surface area contributed by atoms with Crippen molar-refractivity contribution in [3.8, 4) is 5.88 Å². The Hall–Kier alpha value is -0.550. The summed E-state index contributed by atoms with van der Waals surface area (Å²) in [6.07, 6.45) is -0.853. The molecule has 1 aromatic rings. The molecule has 0 aliphatic heterocycles. The summed E-state index contributed by atoms with van der Waals surface area (Å²) in [6, 6.07) is 1.48. The molecule has 0 aliphatic rings. The first-order valence-electron chi connectivity index (χ1n) is 4.21. The number of rotatable bonds is 4. The smallest absolute Gasteiger partial charge is 0.219 e. The molecule has 0 fully saturated rings. The zero-order chi connectivity index (χ0) is 11.4. The fraction of sp³-hybridized carbons (Fsp3) is 0.444. The van der Waals surface area contributed by atoms with Crippen LogP contribution >= 0.6 is 23.2 Å². The van der Waals surface area contributed by atoms with Crippen LogP contribution in [-0.4, -0.2) is 34.3 Å². The maximum Gasteiger partial charge on any atom is 0.219 e. The Morgan fingerprint density at radius 2 is 2.20 bits per heavy atom. The number of aromatic nitrogens is 1. The summed E-state index contributed by atoms with van der Waals surface area (Å²) in [7, 11) is 1.42. The highest BCUT2D eigenvalue weighted by molar-refractivity contribution is 6.30. The molecule has 1 rings (SSSR count). The standard InChI is InChI=1S/C9H11Cl2NO3/c1-15-9-6(2-5(11)4-12-9)8(14)7(13)3-10/h2,4,7-8,13-14H,3H2,1H3. The lowest BCUT2D eigenvalue weighted by Gasteiger charge is -2.17. The highest BCUT2D eigenvalue weighted by Crippen LogP contribution is 2.28. The van der Waals surface area contributed by atoms with Crippen LogP contribution in [0.15, 0.2) is 12.3 Å². The fourth-order valence-electron chi connectivity index (χ4n) is 1.12. The Morgan fingerprint density at radius 1 is 1.53 bits per heavy atom. The molecule has 4 nitrogen and oxygen atoms in total. The van der Waals surface area contributed by atoms with E-state index in [1.165, 1.54) is 19.4 Å². The van der Waals surface area contributed by atoms with Gasteiger partial charge in [-0.1, -0.05) is 11.6 Å².